The zero-order valence-electron chi connectivity index (χ0n) is 10.8. The summed E-state index contributed by atoms with van der Waals surface area (Å²) in [6, 6.07) is 1.84. The second-order valence-electron chi connectivity index (χ2n) is 4.27. The van der Waals surface area contributed by atoms with Crippen LogP contribution in [0.25, 0.3) is 22.4 Å². The van der Waals surface area contributed by atoms with Crippen molar-refractivity contribution < 1.29 is 14.2 Å². The maximum absolute atomic E-state index is 8.81. The topological polar surface area (TPSA) is 123 Å². The second-order valence-corrected chi connectivity index (χ2v) is 4.27. The van der Waals surface area contributed by atoms with Crippen molar-refractivity contribution in [2.24, 2.45) is 0 Å². The van der Waals surface area contributed by atoms with Crippen LogP contribution in [-0.4, -0.2) is 33.6 Å². The van der Waals surface area contributed by atoms with Crippen LogP contribution in [0.3, 0.4) is 0 Å². The molecule has 0 radical (unpaired) electrons. The Hall–Kier alpha value is -2.61. The molecule has 0 fully saturated rings. The molecule has 20 heavy (non-hydrogen) atoms. The first kappa shape index (κ1) is 12.4. The molecule has 0 amide bonds. The van der Waals surface area contributed by atoms with Gasteiger partial charge in [0.15, 0.2) is 22.9 Å². The SMILES string of the molecule is Cc1c(-c2nonc2N)oc2cnc(NCCO)cc12. The quantitative estimate of drug-likeness (QED) is 0.648. The standard InChI is InChI=1S/C12H13N5O3/c1-6-7-4-9(14-2-3-18)15-5-8(7)19-11(6)10-12(13)17-20-16-10/h4-5,18H,2-3H2,1H3,(H2,13,17)(H,14,15). The Morgan fingerprint density at radius 3 is 2.95 bits per heavy atom. The van der Waals surface area contributed by atoms with Crippen LogP contribution in [-0.2, 0) is 0 Å². The highest BCUT2D eigenvalue weighted by Crippen LogP contribution is 2.34. The third-order valence-electron chi connectivity index (χ3n) is 2.97. The van der Waals surface area contributed by atoms with Gasteiger partial charge in [0.05, 0.1) is 12.8 Å². The molecule has 0 aliphatic rings. The Morgan fingerprint density at radius 2 is 2.25 bits per heavy atom. The molecule has 4 N–H and O–H groups in total. The molecule has 0 saturated heterocycles. The molecule has 0 spiro atoms. The summed E-state index contributed by atoms with van der Waals surface area (Å²) < 4.78 is 10.3. The van der Waals surface area contributed by atoms with E-state index in [2.05, 4.69) is 25.2 Å². The lowest BCUT2D eigenvalue weighted by Gasteiger charge is -2.02. The maximum atomic E-state index is 8.81. The highest BCUT2D eigenvalue weighted by atomic mass is 16.6. The summed E-state index contributed by atoms with van der Waals surface area (Å²) in [5.74, 6) is 1.35. The molecule has 8 heteroatoms. The van der Waals surface area contributed by atoms with Crippen LogP contribution in [0.1, 0.15) is 5.56 Å². The normalized spacial score (nSPS) is 11.1. The lowest BCUT2D eigenvalue weighted by Crippen LogP contribution is -2.06. The number of aliphatic hydroxyl groups excluding tert-OH is 1. The second kappa shape index (κ2) is 4.82. The number of aryl methyl sites for hydroxylation is 1. The van der Waals surface area contributed by atoms with Crippen molar-refractivity contribution in [1.29, 1.82) is 0 Å². The first-order valence-corrected chi connectivity index (χ1v) is 6.03. The third-order valence-corrected chi connectivity index (χ3v) is 2.97. The largest absolute Gasteiger partial charge is 0.452 e. The van der Waals surface area contributed by atoms with E-state index in [9.17, 15) is 0 Å². The molecule has 0 unspecified atom stereocenters. The number of pyridine rings is 1. The molecule has 0 aliphatic carbocycles. The molecule has 104 valence electrons. The predicted molar refractivity (Wildman–Crippen MR) is 72.0 cm³/mol. The Balaban J connectivity index is 2.08. The fourth-order valence-corrected chi connectivity index (χ4v) is 1.99. The zero-order chi connectivity index (χ0) is 14.1. The lowest BCUT2D eigenvalue weighted by molar-refractivity contribution is 0.309. The molecule has 0 aromatic carbocycles. The van der Waals surface area contributed by atoms with Crippen molar-refractivity contribution >= 4 is 22.6 Å². The van der Waals surface area contributed by atoms with Gasteiger partial charge in [-0.05, 0) is 23.3 Å². The summed E-state index contributed by atoms with van der Waals surface area (Å²) >= 11 is 0. The lowest BCUT2D eigenvalue weighted by atomic mass is 10.1. The van der Waals surface area contributed by atoms with Crippen molar-refractivity contribution in [3.8, 4) is 11.5 Å². The molecule has 3 aromatic rings. The number of anilines is 2. The van der Waals surface area contributed by atoms with Crippen molar-refractivity contribution in [2.75, 3.05) is 24.2 Å². The van der Waals surface area contributed by atoms with Gasteiger partial charge in [0, 0.05) is 17.5 Å². The zero-order valence-corrected chi connectivity index (χ0v) is 10.8. The fourth-order valence-electron chi connectivity index (χ4n) is 1.99. The minimum absolute atomic E-state index is 0.0382. The van der Waals surface area contributed by atoms with Crippen LogP contribution in [0.2, 0.25) is 0 Å². The number of nitrogens with two attached hydrogens (primary N) is 1. The number of fused-ring (bicyclic) bond motifs is 1. The van der Waals surface area contributed by atoms with Gasteiger partial charge in [-0.2, -0.15) is 0 Å². The summed E-state index contributed by atoms with van der Waals surface area (Å²) in [5.41, 5.74) is 7.55. The van der Waals surface area contributed by atoms with Gasteiger partial charge in [0.25, 0.3) is 0 Å². The van der Waals surface area contributed by atoms with Crippen LogP contribution in [0.5, 0.6) is 0 Å². The molecule has 0 atom stereocenters. The number of nitrogen functional groups attached to an aromatic ring is 1. The Bertz CT molecular complexity index is 749. The number of aromatic nitrogens is 3. The average molecular weight is 275 g/mol. The van der Waals surface area contributed by atoms with Crippen LogP contribution < -0.4 is 11.1 Å². The van der Waals surface area contributed by atoms with Crippen molar-refractivity contribution in [3.05, 3.63) is 17.8 Å². The predicted octanol–water partition coefficient (Wildman–Crippen LogP) is 1.17. The minimum Gasteiger partial charge on any atom is -0.452 e. The van der Waals surface area contributed by atoms with Crippen molar-refractivity contribution in [2.45, 2.75) is 6.92 Å². The molecular weight excluding hydrogens is 262 g/mol. The molecule has 3 heterocycles. The molecule has 8 nitrogen and oxygen atoms in total. The van der Waals surface area contributed by atoms with Gasteiger partial charge in [0.2, 0.25) is 0 Å². The summed E-state index contributed by atoms with van der Waals surface area (Å²) in [6.07, 6.45) is 1.61. The summed E-state index contributed by atoms with van der Waals surface area (Å²) in [7, 11) is 0. The van der Waals surface area contributed by atoms with E-state index in [4.69, 9.17) is 15.3 Å². The summed E-state index contributed by atoms with van der Waals surface area (Å²) in [5, 5.41) is 20.0. The van der Waals surface area contributed by atoms with Gasteiger partial charge >= 0.3 is 0 Å². The fraction of sp³-hybridized carbons (Fsp3) is 0.250. The van der Waals surface area contributed by atoms with Gasteiger partial charge in [0.1, 0.15) is 5.82 Å². The summed E-state index contributed by atoms with van der Waals surface area (Å²) in [6.45, 7) is 2.37. The van der Waals surface area contributed by atoms with E-state index in [1.807, 2.05) is 13.0 Å². The van der Waals surface area contributed by atoms with E-state index in [0.29, 0.717) is 29.4 Å². The van der Waals surface area contributed by atoms with Crippen LogP contribution in [0, 0.1) is 6.92 Å². The van der Waals surface area contributed by atoms with Gasteiger partial charge in [-0.3, -0.25) is 0 Å². The first-order chi connectivity index (χ1) is 9.70. The van der Waals surface area contributed by atoms with Gasteiger partial charge in [-0.15, -0.1) is 0 Å². The van der Waals surface area contributed by atoms with Gasteiger partial charge in [-0.1, -0.05) is 0 Å². The monoisotopic (exact) mass is 275 g/mol. The number of rotatable bonds is 4. The Morgan fingerprint density at radius 1 is 1.40 bits per heavy atom. The highest BCUT2D eigenvalue weighted by molar-refractivity contribution is 5.89. The third kappa shape index (κ3) is 1.95. The molecule has 0 bridgehead atoms. The molecule has 3 aromatic heterocycles. The van der Waals surface area contributed by atoms with Crippen LogP contribution >= 0.6 is 0 Å². The van der Waals surface area contributed by atoms with Gasteiger partial charge < -0.3 is 20.6 Å². The number of nitrogens with one attached hydrogen (secondary N) is 1. The van der Waals surface area contributed by atoms with E-state index in [0.717, 1.165) is 10.9 Å². The average Bonchev–Trinajstić information content (AvgIpc) is 3.01. The van der Waals surface area contributed by atoms with E-state index in [-0.39, 0.29) is 12.4 Å². The molecule has 3 rings (SSSR count). The molecule has 0 aliphatic heterocycles. The van der Waals surface area contributed by atoms with E-state index in [1.165, 1.54) is 0 Å². The number of furan rings is 1. The van der Waals surface area contributed by atoms with Gasteiger partial charge in [-0.25, -0.2) is 9.61 Å². The molecule has 0 saturated carbocycles. The minimum atomic E-state index is 0.0382. The Kier molecular flexibility index (Phi) is 2.99. The number of hydrogen-bond donors (Lipinski definition) is 3. The number of nitrogens with zero attached hydrogens (tertiary/aromatic N) is 3. The van der Waals surface area contributed by atoms with Crippen molar-refractivity contribution in [3.63, 3.8) is 0 Å². The number of aliphatic hydroxyl groups is 1. The smallest absolute Gasteiger partial charge is 0.199 e. The Labute approximate surface area is 113 Å². The van der Waals surface area contributed by atoms with E-state index in [1.54, 1.807) is 6.20 Å². The maximum Gasteiger partial charge on any atom is 0.199 e. The van der Waals surface area contributed by atoms with E-state index < -0.39 is 0 Å². The van der Waals surface area contributed by atoms with Crippen LogP contribution in [0.4, 0.5) is 11.6 Å². The number of hydrogen-bond acceptors (Lipinski definition) is 8. The molecular formula is C12H13N5O3. The summed E-state index contributed by atoms with van der Waals surface area (Å²) in [4.78, 5) is 4.20. The van der Waals surface area contributed by atoms with Crippen LogP contribution in [0.15, 0.2) is 21.3 Å². The highest BCUT2D eigenvalue weighted by Gasteiger charge is 2.19. The van der Waals surface area contributed by atoms with Crippen molar-refractivity contribution in [1.82, 2.24) is 15.3 Å². The van der Waals surface area contributed by atoms with E-state index >= 15 is 0 Å². The first-order valence-electron chi connectivity index (χ1n) is 6.03.